The minimum absolute atomic E-state index is 0.0936. The largest absolute Gasteiger partial charge is 0.292 e. The van der Waals surface area contributed by atoms with E-state index in [0.29, 0.717) is 6.42 Å². The van der Waals surface area contributed by atoms with Crippen molar-refractivity contribution < 1.29 is 4.79 Å². The van der Waals surface area contributed by atoms with E-state index < -0.39 is 0 Å². The van der Waals surface area contributed by atoms with Gasteiger partial charge in [0.1, 0.15) is 5.69 Å². The Morgan fingerprint density at radius 1 is 1.47 bits per heavy atom. The van der Waals surface area contributed by atoms with E-state index in [1.54, 1.807) is 0 Å². The van der Waals surface area contributed by atoms with Crippen LogP contribution in [0.2, 0.25) is 0 Å². The van der Waals surface area contributed by atoms with Crippen LogP contribution >= 0.6 is 0 Å². The van der Waals surface area contributed by atoms with Crippen molar-refractivity contribution in [2.75, 3.05) is 0 Å². The van der Waals surface area contributed by atoms with Crippen molar-refractivity contribution in [2.24, 2.45) is 0 Å². The predicted octanol–water partition coefficient (Wildman–Crippen LogP) is 2.72. The van der Waals surface area contributed by atoms with Gasteiger partial charge in [-0.1, -0.05) is 13.8 Å². The van der Waals surface area contributed by atoms with Crippen LogP contribution in [0.15, 0.2) is 6.20 Å². The van der Waals surface area contributed by atoms with Gasteiger partial charge >= 0.3 is 0 Å². The molecule has 3 heteroatoms. The lowest BCUT2D eigenvalue weighted by molar-refractivity contribution is 0.0943. The molecule has 0 N–H and O–H groups in total. The molecule has 1 aromatic rings. The second-order valence-electron chi connectivity index (χ2n) is 5.25. The Morgan fingerprint density at radius 3 is 2.73 bits per heavy atom. The highest BCUT2D eigenvalue weighted by molar-refractivity contribution is 5.97. The topological polar surface area (TPSA) is 34.9 Å². The Labute approximate surface area is 90.5 Å². The Kier molecular flexibility index (Phi) is 2.21. The number of ketones is 1. The summed E-state index contributed by atoms with van der Waals surface area (Å²) in [5.41, 5.74) is 2.05. The van der Waals surface area contributed by atoms with Crippen LogP contribution < -0.4 is 0 Å². The Hall–Kier alpha value is -1.12. The maximum atomic E-state index is 11.9. The van der Waals surface area contributed by atoms with Crippen molar-refractivity contribution in [2.45, 2.75) is 52.0 Å². The third-order valence-electron chi connectivity index (χ3n) is 3.25. The van der Waals surface area contributed by atoms with Crippen LogP contribution in [0.25, 0.3) is 0 Å². The number of fused-ring (bicyclic) bond motifs is 1. The zero-order valence-corrected chi connectivity index (χ0v) is 9.87. The van der Waals surface area contributed by atoms with Gasteiger partial charge in [0.15, 0.2) is 5.78 Å². The molecule has 3 nitrogen and oxygen atoms in total. The molecule has 1 heterocycles. The quantitative estimate of drug-likeness (QED) is 0.708. The fourth-order valence-corrected chi connectivity index (χ4v) is 2.21. The fraction of sp³-hybridized carbons (Fsp3) is 0.667. The molecular formula is C12H18N2O. The van der Waals surface area contributed by atoms with E-state index >= 15 is 0 Å². The highest BCUT2D eigenvalue weighted by atomic mass is 16.1. The van der Waals surface area contributed by atoms with E-state index in [4.69, 9.17) is 0 Å². The van der Waals surface area contributed by atoms with E-state index in [1.807, 2.05) is 10.9 Å². The number of Topliss-reactive ketones (excluding diaryl/α,β-unsaturated/α-hetero) is 1. The summed E-state index contributed by atoms with van der Waals surface area (Å²) in [5.74, 6) is 0.246. The summed E-state index contributed by atoms with van der Waals surface area (Å²) in [4.78, 5) is 11.9. The molecule has 0 fully saturated rings. The molecular weight excluding hydrogens is 188 g/mol. The van der Waals surface area contributed by atoms with Crippen molar-refractivity contribution in [3.05, 3.63) is 17.5 Å². The maximum Gasteiger partial charge on any atom is 0.181 e. The monoisotopic (exact) mass is 206 g/mol. The summed E-state index contributed by atoms with van der Waals surface area (Å²) in [6.45, 7) is 8.49. The molecule has 2 rings (SSSR count). The van der Waals surface area contributed by atoms with Crippen LogP contribution in [0.3, 0.4) is 0 Å². The van der Waals surface area contributed by atoms with Gasteiger partial charge in [-0.15, -0.1) is 0 Å². The molecule has 0 unspecified atom stereocenters. The molecule has 0 atom stereocenters. The van der Waals surface area contributed by atoms with Gasteiger partial charge in [0.05, 0.1) is 6.20 Å². The first-order valence-electron chi connectivity index (χ1n) is 5.54. The van der Waals surface area contributed by atoms with Gasteiger partial charge in [-0.3, -0.25) is 9.48 Å². The van der Waals surface area contributed by atoms with Crippen LogP contribution in [0.4, 0.5) is 0 Å². The summed E-state index contributed by atoms with van der Waals surface area (Å²) >= 11 is 0. The number of carbonyl (C=O) groups is 1. The average Bonchev–Trinajstić information content (AvgIpc) is 2.57. The molecule has 0 radical (unpaired) electrons. The minimum atomic E-state index is 0.0936. The first-order valence-corrected chi connectivity index (χ1v) is 5.54. The number of rotatable bonds is 1. The highest BCUT2D eigenvalue weighted by Gasteiger charge is 2.35. The van der Waals surface area contributed by atoms with Gasteiger partial charge in [-0.25, -0.2) is 0 Å². The summed E-state index contributed by atoms with van der Waals surface area (Å²) in [6.07, 6.45) is 3.45. The first kappa shape index (κ1) is 10.4. The molecule has 1 aromatic heterocycles. The maximum absolute atomic E-state index is 11.9. The standard InChI is InChI=1S/C12H18N2O/c1-8(2)14-11-9(7-13-14)12(3,4)6-5-10(11)15/h7-8H,5-6H2,1-4H3. The van der Waals surface area contributed by atoms with Gasteiger partial charge < -0.3 is 0 Å². The lowest BCUT2D eigenvalue weighted by atomic mass is 9.75. The molecule has 0 saturated heterocycles. The van der Waals surface area contributed by atoms with Crippen molar-refractivity contribution >= 4 is 5.78 Å². The zero-order valence-electron chi connectivity index (χ0n) is 9.87. The molecule has 82 valence electrons. The first-order chi connectivity index (χ1) is 6.93. The molecule has 1 aliphatic carbocycles. The normalized spacial score (nSPS) is 19.4. The van der Waals surface area contributed by atoms with E-state index in [0.717, 1.165) is 17.7 Å². The van der Waals surface area contributed by atoms with E-state index in [9.17, 15) is 4.79 Å². The summed E-state index contributed by atoms with van der Waals surface area (Å²) < 4.78 is 1.86. The molecule has 0 bridgehead atoms. The second-order valence-corrected chi connectivity index (χ2v) is 5.25. The lowest BCUT2D eigenvalue weighted by Crippen LogP contribution is -2.28. The van der Waals surface area contributed by atoms with E-state index in [-0.39, 0.29) is 17.2 Å². The molecule has 0 spiro atoms. The average molecular weight is 206 g/mol. The molecule has 0 aromatic carbocycles. The molecule has 0 amide bonds. The van der Waals surface area contributed by atoms with E-state index in [2.05, 4.69) is 32.8 Å². The van der Waals surface area contributed by atoms with Gasteiger partial charge in [-0.2, -0.15) is 5.10 Å². The molecule has 0 aliphatic heterocycles. The lowest BCUT2D eigenvalue weighted by Gasteiger charge is -2.29. The van der Waals surface area contributed by atoms with Crippen LogP contribution in [0, 0.1) is 0 Å². The van der Waals surface area contributed by atoms with Crippen LogP contribution in [0.1, 0.15) is 62.6 Å². The molecule has 0 saturated carbocycles. The molecule has 15 heavy (non-hydrogen) atoms. The van der Waals surface area contributed by atoms with Gasteiger partial charge in [0, 0.05) is 18.0 Å². The number of carbonyl (C=O) groups excluding carboxylic acids is 1. The smallest absolute Gasteiger partial charge is 0.181 e. The number of hydrogen-bond acceptors (Lipinski definition) is 2. The van der Waals surface area contributed by atoms with Crippen LogP contribution in [-0.2, 0) is 5.41 Å². The third kappa shape index (κ3) is 1.50. The number of hydrogen-bond donors (Lipinski definition) is 0. The minimum Gasteiger partial charge on any atom is -0.292 e. The number of aromatic nitrogens is 2. The van der Waals surface area contributed by atoms with Gasteiger partial charge in [0.25, 0.3) is 0 Å². The third-order valence-corrected chi connectivity index (χ3v) is 3.25. The van der Waals surface area contributed by atoms with Crippen molar-refractivity contribution in [3.63, 3.8) is 0 Å². The van der Waals surface area contributed by atoms with Crippen molar-refractivity contribution in [3.8, 4) is 0 Å². The summed E-state index contributed by atoms with van der Waals surface area (Å²) in [7, 11) is 0. The number of nitrogens with zero attached hydrogens (tertiary/aromatic N) is 2. The predicted molar refractivity (Wildman–Crippen MR) is 59.2 cm³/mol. The molecule has 1 aliphatic rings. The van der Waals surface area contributed by atoms with Crippen molar-refractivity contribution in [1.29, 1.82) is 0 Å². The Bertz CT molecular complexity index is 402. The Morgan fingerprint density at radius 2 is 2.13 bits per heavy atom. The highest BCUT2D eigenvalue weighted by Crippen LogP contribution is 2.37. The fourth-order valence-electron chi connectivity index (χ4n) is 2.21. The Balaban J connectivity index is 2.60. The van der Waals surface area contributed by atoms with Crippen LogP contribution in [0.5, 0.6) is 0 Å². The summed E-state index contributed by atoms with van der Waals surface area (Å²) in [5, 5.41) is 4.34. The van der Waals surface area contributed by atoms with E-state index in [1.165, 1.54) is 0 Å². The van der Waals surface area contributed by atoms with Gasteiger partial charge in [0.2, 0.25) is 0 Å². The van der Waals surface area contributed by atoms with Crippen LogP contribution in [-0.4, -0.2) is 15.6 Å². The second kappa shape index (κ2) is 3.19. The van der Waals surface area contributed by atoms with Gasteiger partial charge in [-0.05, 0) is 25.7 Å². The summed E-state index contributed by atoms with van der Waals surface area (Å²) in [6, 6.07) is 0.256. The zero-order chi connectivity index (χ0) is 11.2. The van der Waals surface area contributed by atoms with Crippen molar-refractivity contribution in [1.82, 2.24) is 9.78 Å². The SMILES string of the molecule is CC(C)n1ncc2c1C(=O)CCC2(C)C.